The van der Waals surface area contributed by atoms with Crippen molar-refractivity contribution in [3.05, 3.63) is 81.0 Å². The molecule has 0 radical (unpaired) electrons. The van der Waals surface area contributed by atoms with Gasteiger partial charge >= 0.3 is 0 Å². The van der Waals surface area contributed by atoms with Crippen molar-refractivity contribution >= 4 is 50.7 Å². The molecule has 5 aromatic rings. The van der Waals surface area contributed by atoms with Crippen LogP contribution in [0.5, 0.6) is 0 Å². The fourth-order valence-electron chi connectivity index (χ4n) is 4.82. The number of aryl methyl sites for hydroxylation is 1. The number of hydrogen-bond acceptors (Lipinski definition) is 7. The molecule has 10 heteroatoms. The molecule has 6 rings (SSSR count). The van der Waals surface area contributed by atoms with Gasteiger partial charge < -0.3 is 9.64 Å². The molecule has 3 aromatic heterocycles. The Hall–Kier alpha value is -3.47. The highest BCUT2D eigenvalue weighted by Gasteiger charge is 2.32. The molecule has 1 aliphatic heterocycles. The number of hydrogen-bond donors (Lipinski definition) is 0. The third-order valence-electron chi connectivity index (χ3n) is 6.81. The molecule has 0 bridgehead atoms. The Morgan fingerprint density at radius 2 is 1.95 bits per heavy atom. The predicted octanol–water partition coefficient (Wildman–Crippen LogP) is 5.01. The molecule has 0 fully saturated rings. The second kappa shape index (κ2) is 9.37. The van der Waals surface area contributed by atoms with E-state index in [9.17, 15) is 9.59 Å². The van der Waals surface area contributed by atoms with E-state index in [1.54, 1.807) is 27.9 Å². The summed E-state index contributed by atoms with van der Waals surface area (Å²) < 4.78 is 9.63. The number of nitrogens with zero attached hydrogens (tertiary/aromatic N) is 5. The Bertz CT molecular complexity index is 1750. The largest absolute Gasteiger partial charge is 0.370 e. The van der Waals surface area contributed by atoms with Gasteiger partial charge in [0.25, 0.3) is 5.56 Å². The summed E-state index contributed by atoms with van der Waals surface area (Å²) in [5.41, 5.74) is 3.15. The van der Waals surface area contributed by atoms with Gasteiger partial charge in [-0.15, -0.1) is 21.5 Å². The number of thiophene rings is 1. The third-order valence-corrected chi connectivity index (χ3v) is 8.91. The zero-order valence-electron chi connectivity index (χ0n) is 21.6. The number of rotatable bonds is 5. The maximum Gasteiger partial charge on any atom is 0.268 e. The summed E-state index contributed by atoms with van der Waals surface area (Å²) in [6.07, 6.45) is 0.641. The van der Waals surface area contributed by atoms with Crippen LogP contribution in [0.4, 0.5) is 5.69 Å². The number of carbonyl (C=O) groups excluding carboxylic acids is 1. The van der Waals surface area contributed by atoms with Crippen LogP contribution in [0.1, 0.15) is 29.9 Å². The first-order valence-corrected chi connectivity index (χ1v) is 14.1. The van der Waals surface area contributed by atoms with Gasteiger partial charge in [0.05, 0.1) is 29.0 Å². The quantitative estimate of drug-likeness (QED) is 0.289. The van der Waals surface area contributed by atoms with Gasteiger partial charge in [0.1, 0.15) is 4.83 Å². The van der Waals surface area contributed by atoms with Crippen molar-refractivity contribution in [1.29, 1.82) is 0 Å². The van der Waals surface area contributed by atoms with Gasteiger partial charge in [-0.2, -0.15) is 0 Å². The minimum atomic E-state index is -0.365. The Morgan fingerprint density at radius 3 is 2.71 bits per heavy atom. The zero-order chi connectivity index (χ0) is 26.6. The zero-order valence-corrected chi connectivity index (χ0v) is 23.2. The minimum Gasteiger partial charge on any atom is -0.370 e. The van der Waals surface area contributed by atoms with E-state index >= 15 is 0 Å². The Kier molecular flexibility index (Phi) is 6.13. The number of benzene rings is 2. The van der Waals surface area contributed by atoms with Gasteiger partial charge in [0.2, 0.25) is 11.7 Å². The molecule has 2 aromatic carbocycles. The lowest BCUT2D eigenvalue weighted by molar-refractivity contribution is -0.115. The van der Waals surface area contributed by atoms with Gasteiger partial charge in [-0.1, -0.05) is 42.1 Å². The summed E-state index contributed by atoms with van der Waals surface area (Å²) in [4.78, 5) is 30.6. The summed E-state index contributed by atoms with van der Waals surface area (Å²) in [6.45, 7) is 6.55. The number of thioether (sulfide) groups is 1. The van der Waals surface area contributed by atoms with E-state index in [1.807, 2.05) is 79.8 Å². The standard InChI is InChI=1S/C28H27N5O3S2/c1-17-9-8-12-19(13-17)32-24(35)23-20-14-28(2,3)36-15-21(20)38-25(23)33-26(32)29-30-27(33)37-16-22(34)31(4)18-10-6-5-7-11-18/h5-13H,14-16H2,1-4H3. The minimum absolute atomic E-state index is 0.0539. The van der Waals surface area contributed by atoms with E-state index < -0.39 is 0 Å². The summed E-state index contributed by atoms with van der Waals surface area (Å²) in [6, 6.07) is 17.3. The van der Waals surface area contributed by atoms with Gasteiger partial charge in [-0.05, 0) is 56.2 Å². The molecule has 0 saturated carbocycles. The predicted molar refractivity (Wildman–Crippen MR) is 152 cm³/mol. The summed E-state index contributed by atoms with van der Waals surface area (Å²) in [7, 11) is 1.77. The Labute approximate surface area is 227 Å². The number of fused-ring (bicyclic) bond motifs is 5. The first-order chi connectivity index (χ1) is 18.2. The van der Waals surface area contributed by atoms with Crippen molar-refractivity contribution in [2.75, 3.05) is 17.7 Å². The second-order valence-electron chi connectivity index (χ2n) is 10.1. The first-order valence-electron chi connectivity index (χ1n) is 12.3. The van der Waals surface area contributed by atoms with Crippen LogP contribution in [0.25, 0.3) is 21.7 Å². The second-order valence-corrected chi connectivity index (χ2v) is 12.1. The molecule has 0 atom stereocenters. The van der Waals surface area contributed by atoms with Crippen LogP contribution in [0.15, 0.2) is 64.5 Å². The molecule has 1 aliphatic rings. The van der Waals surface area contributed by atoms with Crippen molar-refractivity contribution in [1.82, 2.24) is 19.2 Å². The fraction of sp³-hybridized carbons (Fsp3) is 0.286. The lowest BCUT2D eigenvalue weighted by Crippen LogP contribution is -2.32. The maximum absolute atomic E-state index is 14.1. The van der Waals surface area contributed by atoms with Crippen LogP contribution in [0, 0.1) is 6.92 Å². The van der Waals surface area contributed by atoms with Crippen LogP contribution in [0.3, 0.4) is 0 Å². The number of anilines is 1. The highest BCUT2D eigenvalue weighted by atomic mass is 32.2. The summed E-state index contributed by atoms with van der Waals surface area (Å²) >= 11 is 2.86. The van der Waals surface area contributed by atoms with Crippen molar-refractivity contribution in [3.63, 3.8) is 0 Å². The highest BCUT2D eigenvalue weighted by molar-refractivity contribution is 7.99. The number of ether oxygens (including phenoxy) is 1. The van der Waals surface area contributed by atoms with Crippen molar-refractivity contribution < 1.29 is 9.53 Å². The van der Waals surface area contributed by atoms with E-state index in [0.29, 0.717) is 29.3 Å². The molecule has 38 heavy (non-hydrogen) atoms. The Balaban J connectivity index is 1.50. The lowest BCUT2D eigenvalue weighted by atomic mass is 9.94. The van der Waals surface area contributed by atoms with Gasteiger partial charge in [-0.3, -0.25) is 9.59 Å². The molecule has 0 aliphatic carbocycles. The number of para-hydroxylation sites is 1. The first kappa shape index (κ1) is 24.8. The van der Waals surface area contributed by atoms with E-state index in [-0.39, 0.29) is 22.8 Å². The van der Waals surface area contributed by atoms with Crippen LogP contribution >= 0.6 is 23.1 Å². The Morgan fingerprint density at radius 1 is 1.16 bits per heavy atom. The smallest absolute Gasteiger partial charge is 0.268 e. The molecule has 0 N–H and O–H groups in total. The molecular formula is C28H27N5O3S2. The van der Waals surface area contributed by atoms with Gasteiger partial charge in [-0.25, -0.2) is 8.97 Å². The molecule has 4 heterocycles. The summed E-state index contributed by atoms with van der Waals surface area (Å²) in [5.74, 6) is 0.554. The number of aromatic nitrogens is 4. The average molecular weight is 546 g/mol. The molecule has 1 amide bonds. The monoisotopic (exact) mass is 545 g/mol. The van der Waals surface area contributed by atoms with Gasteiger partial charge in [0, 0.05) is 24.0 Å². The van der Waals surface area contributed by atoms with Crippen LogP contribution in [0.2, 0.25) is 0 Å². The van der Waals surface area contributed by atoms with E-state index in [2.05, 4.69) is 10.2 Å². The summed E-state index contributed by atoms with van der Waals surface area (Å²) in [5, 5.41) is 10.2. The number of carbonyl (C=O) groups is 1. The van der Waals surface area contributed by atoms with Crippen LogP contribution in [-0.4, -0.2) is 43.5 Å². The van der Waals surface area contributed by atoms with Gasteiger partial charge in [0.15, 0.2) is 5.16 Å². The molecular weight excluding hydrogens is 518 g/mol. The lowest BCUT2D eigenvalue weighted by Gasteiger charge is -2.29. The van der Waals surface area contributed by atoms with Crippen molar-refractivity contribution in [3.8, 4) is 5.69 Å². The average Bonchev–Trinajstić information content (AvgIpc) is 3.48. The highest BCUT2D eigenvalue weighted by Crippen LogP contribution is 2.39. The molecule has 0 saturated heterocycles. The van der Waals surface area contributed by atoms with E-state index in [4.69, 9.17) is 4.74 Å². The van der Waals surface area contributed by atoms with Crippen molar-refractivity contribution in [2.45, 2.75) is 44.6 Å². The fourth-order valence-corrected chi connectivity index (χ4v) is 6.94. The molecule has 8 nitrogen and oxygen atoms in total. The van der Waals surface area contributed by atoms with Crippen molar-refractivity contribution in [2.24, 2.45) is 0 Å². The SMILES string of the molecule is Cc1cccc(-n2c(=O)c3c4c(sc3n3c(SCC(=O)N(C)c5ccccc5)nnc23)COC(C)(C)C4)c1. The maximum atomic E-state index is 14.1. The van der Waals surface area contributed by atoms with Crippen LogP contribution < -0.4 is 10.5 Å². The molecule has 0 spiro atoms. The van der Waals surface area contributed by atoms with E-state index in [1.165, 1.54) is 11.8 Å². The molecule has 0 unspecified atom stereocenters. The molecule has 194 valence electrons. The normalized spacial score (nSPS) is 14.6. The van der Waals surface area contributed by atoms with Crippen LogP contribution in [-0.2, 0) is 22.6 Å². The van der Waals surface area contributed by atoms with E-state index in [0.717, 1.165) is 32.2 Å². The number of amides is 1. The topological polar surface area (TPSA) is 81.7 Å². The third kappa shape index (κ3) is 4.22.